The summed E-state index contributed by atoms with van der Waals surface area (Å²) in [4.78, 5) is 14.3. The van der Waals surface area contributed by atoms with E-state index in [0.717, 1.165) is 6.07 Å². The molecule has 1 aromatic rings. The number of amides is 1. The molecule has 2 N–H and O–H groups in total. The number of thiocarbonyl (C=S) groups is 1. The predicted molar refractivity (Wildman–Crippen MR) is 79.0 cm³/mol. The van der Waals surface area contributed by atoms with Gasteiger partial charge in [-0.2, -0.15) is 0 Å². The number of carbonyl (C=O) groups is 1. The first kappa shape index (κ1) is 15.9. The van der Waals surface area contributed by atoms with Crippen LogP contribution >= 0.6 is 23.8 Å². The fourth-order valence-electron chi connectivity index (χ4n) is 1.64. The molecular formula is C13H16ClFN2OS. The molecule has 0 aliphatic heterocycles. The zero-order valence-electron chi connectivity index (χ0n) is 10.8. The van der Waals surface area contributed by atoms with Crippen molar-refractivity contribution < 1.29 is 9.18 Å². The first-order valence-electron chi connectivity index (χ1n) is 5.87. The van der Waals surface area contributed by atoms with Crippen LogP contribution in [0.5, 0.6) is 0 Å². The van der Waals surface area contributed by atoms with Crippen LogP contribution < -0.4 is 5.73 Å². The number of rotatable bonds is 5. The number of hydrogen-bond acceptors (Lipinski definition) is 2. The number of halogens is 2. The van der Waals surface area contributed by atoms with Crippen LogP contribution in [0.25, 0.3) is 0 Å². The average Bonchev–Trinajstić information content (AvgIpc) is 2.27. The largest absolute Gasteiger partial charge is 0.393 e. The third-order valence-electron chi connectivity index (χ3n) is 2.64. The van der Waals surface area contributed by atoms with Crippen molar-refractivity contribution in [2.24, 2.45) is 5.73 Å². The van der Waals surface area contributed by atoms with E-state index in [-0.39, 0.29) is 22.5 Å². The molecule has 1 rings (SSSR count). The predicted octanol–water partition coefficient (Wildman–Crippen LogP) is 3.01. The summed E-state index contributed by atoms with van der Waals surface area (Å²) in [5, 5.41) is 0.103. The van der Waals surface area contributed by atoms with E-state index >= 15 is 0 Å². The lowest BCUT2D eigenvalue weighted by Crippen LogP contribution is -2.39. The molecule has 1 aromatic carbocycles. The van der Waals surface area contributed by atoms with Crippen LogP contribution in [0, 0.1) is 5.82 Å². The van der Waals surface area contributed by atoms with E-state index in [2.05, 4.69) is 0 Å². The normalized spacial score (nSPS) is 10.6. The number of carbonyl (C=O) groups excluding carboxylic acids is 1. The molecule has 104 valence electrons. The van der Waals surface area contributed by atoms with Gasteiger partial charge in [-0.25, -0.2) is 4.39 Å². The molecular weight excluding hydrogens is 287 g/mol. The van der Waals surface area contributed by atoms with E-state index in [4.69, 9.17) is 29.6 Å². The molecule has 0 radical (unpaired) electrons. The Morgan fingerprint density at radius 1 is 1.53 bits per heavy atom. The second-order valence-corrected chi connectivity index (χ2v) is 5.36. The molecule has 6 heteroatoms. The molecule has 0 aliphatic rings. The minimum atomic E-state index is -0.471. The van der Waals surface area contributed by atoms with E-state index in [1.807, 2.05) is 13.8 Å². The van der Waals surface area contributed by atoms with Crippen molar-refractivity contribution in [3.05, 3.63) is 34.6 Å². The van der Waals surface area contributed by atoms with Crippen molar-refractivity contribution in [2.45, 2.75) is 26.3 Å². The number of hydrogen-bond donors (Lipinski definition) is 1. The van der Waals surface area contributed by atoms with Crippen LogP contribution in [0.1, 0.15) is 30.6 Å². The third-order valence-corrected chi connectivity index (χ3v) is 3.16. The van der Waals surface area contributed by atoms with E-state index < -0.39 is 5.82 Å². The lowest BCUT2D eigenvalue weighted by atomic mass is 10.1. The van der Waals surface area contributed by atoms with Crippen molar-refractivity contribution in [3.63, 3.8) is 0 Å². The van der Waals surface area contributed by atoms with Gasteiger partial charge in [0.2, 0.25) is 0 Å². The average molecular weight is 303 g/mol. The summed E-state index contributed by atoms with van der Waals surface area (Å²) in [7, 11) is 0. The second-order valence-electron chi connectivity index (χ2n) is 4.43. The maximum atomic E-state index is 13.0. The molecule has 0 fully saturated rings. The van der Waals surface area contributed by atoms with Gasteiger partial charge in [-0.3, -0.25) is 4.79 Å². The molecule has 0 saturated heterocycles. The van der Waals surface area contributed by atoms with Crippen LogP contribution in [-0.4, -0.2) is 28.4 Å². The Hall–Kier alpha value is -1.20. The van der Waals surface area contributed by atoms with Gasteiger partial charge in [0.05, 0.1) is 15.6 Å². The van der Waals surface area contributed by atoms with Crippen LogP contribution in [0.3, 0.4) is 0 Å². The van der Waals surface area contributed by atoms with Crippen molar-refractivity contribution in [1.82, 2.24) is 4.90 Å². The SMILES string of the molecule is CC(C)N(CCC(N)=S)C(=O)c1ccc(F)cc1Cl. The van der Waals surface area contributed by atoms with E-state index in [0.29, 0.717) is 18.0 Å². The van der Waals surface area contributed by atoms with Gasteiger partial charge < -0.3 is 10.6 Å². The molecule has 0 spiro atoms. The monoisotopic (exact) mass is 302 g/mol. The summed E-state index contributed by atoms with van der Waals surface area (Å²) in [5.41, 5.74) is 5.72. The Morgan fingerprint density at radius 2 is 2.16 bits per heavy atom. The Morgan fingerprint density at radius 3 is 2.63 bits per heavy atom. The molecule has 0 atom stereocenters. The maximum Gasteiger partial charge on any atom is 0.255 e. The van der Waals surface area contributed by atoms with Crippen LogP contribution in [-0.2, 0) is 0 Å². The Kier molecular flexibility index (Phi) is 5.69. The van der Waals surface area contributed by atoms with Gasteiger partial charge in [-0.05, 0) is 32.0 Å². The minimum Gasteiger partial charge on any atom is -0.393 e. The van der Waals surface area contributed by atoms with Gasteiger partial charge in [0.15, 0.2) is 0 Å². The van der Waals surface area contributed by atoms with Crippen molar-refractivity contribution in [1.29, 1.82) is 0 Å². The lowest BCUT2D eigenvalue weighted by molar-refractivity contribution is 0.0712. The smallest absolute Gasteiger partial charge is 0.255 e. The van der Waals surface area contributed by atoms with E-state index in [1.54, 1.807) is 4.90 Å². The Balaban J connectivity index is 2.95. The lowest BCUT2D eigenvalue weighted by Gasteiger charge is -2.27. The highest BCUT2D eigenvalue weighted by atomic mass is 35.5. The van der Waals surface area contributed by atoms with E-state index in [1.165, 1.54) is 12.1 Å². The summed E-state index contributed by atoms with van der Waals surface area (Å²) in [5.74, 6) is -0.725. The fraction of sp³-hybridized carbons (Fsp3) is 0.385. The molecule has 1 amide bonds. The van der Waals surface area contributed by atoms with Gasteiger partial charge in [-0.1, -0.05) is 23.8 Å². The summed E-state index contributed by atoms with van der Waals surface area (Å²) in [6.07, 6.45) is 0.443. The van der Waals surface area contributed by atoms with Crippen LogP contribution in [0.15, 0.2) is 18.2 Å². The third kappa shape index (κ3) is 4.44. The number of benzene rings is 1. The number of nitrogens with zero attached hydrogens (tertiary/aromatic N) is 1. The van der Waals surface area contributed by atoms with Crippen molar-refractivity contribution in [2.75, 3.05) is 6.54 Å². The van der Waals surface area contributed by atoms with Gasteiger partial charge in [0.25, 0.3) is 5.91 Å². The van der Waals surface area contributed by atoms with Gasteiger partial charge >= 0.3 is 0 Å². The first-order chi connectivity index (χ1) is 8.82. The van der Waals surface area contributed by atoms with Gasteiger partial charge in [-0.15, -0.1) is 0 Å². The first-order valence-corrected chi connectivity index (χ1v) is 6.66. The highest BCUT2D eigenvalue weighted by Crippen LogP contribution is 2.20. The fourth-order valence-corrected chi connectivity index (χ4v) is 1.98. The van der Waals surface area contributed by atoms with Crippen LogP contribution in [0.4, 0.5) is 4.39 Å². The molecule has 3 nitrogen and oxygen atoms in total. The highest BCUT2D eigenvalue weighted by molar-refractivity contribution is 7.80. The Bertz CT molecular complexity index is 494. The molecule has 19 heavy (non-hydrogen) atoms. The summed E-state index contributed by atoms with van der Waals surface area (Å²) in [6, 6.07) is 3.70. The van der Waals surface area contributed by atoms with E-state index in [9.17, 15) is 9.18 Å². The zero-order valence-corrected chi connectivity index (χ0v) is 12.4. The van der Waals surface area contributed by atoms with Crippen molar-refractivity contribution >= 4 is 34.7 Å². The summed E-state index contributed by atoms with van der Waals surface area (Å²) in [6.45, 7) is 4.18. The molecule has 0 aromatic heterocycles. The standard InChI is InChI=1S/C13H16ClFN2OS/c1-8(2)17(6-5-12(16)19)13(18)10-4-3-9(15)7-11(10)14/h3-4,7-8H,5-6H2,1-2H3,(H2,16,19). The van der Waals surface area contributed by atoms with Crippen molar-refractivity contribution in [3.8, 4) is 0 Å². The molecule has 0 bridgehead atoms. The van der Waals surface area contributed by atoms with Gasteiger partial charge in [0.1, 0.15) is 5.82 Å². The topological polar surface area (TPSA) is 46.3 Å². The van der Waals surface area contributed by atoms with Gasteiger partial charge in [0, 0.05) is 19.0 Å². The maximum absolute atomic E-state index is 13.0. The quantitative estimate of drug-likeness (QED) is 0.851. The highest BCUT2D eigenvalue weighted by Gasteiger charge is 2.21. The molecule has 0 aliphatic carbocycles. The molecule has 0 saturated carbocycles. The summed E-state index contributed by atoms with van der Waals surface area (Å²) < 4.78 is 13.0. The second kappa shape index (κ2) is 6.82. The molecule has 0 heterocycles. The number of nitrogens with two attached hydrogens (primary N) is 1. The minimum absolute atomic E-state index is 0.0250. The summed E-state index contributed by atoms with van der Waals surface area (Å²) >= 11 is 10.7. The van der Waals surface area contributed by atoms with Crippen LogP contribution in [0.2, 0.25) is 5.02 Å². The molecule has 0 unspecified atom stereocenters. The Labute approximate surface area is 122 Å². The zero-order chi connectivity index (χ0) is 14.6.